The van der Waals surface area contributed by atoms with Gasteiger partial charge in [-0.2, -0.15) is 5.10 Å². The number of alkyl halides is 2. The molecule has 1 amide bonds. The van der Waals surface area contributed by atoms with Crippen LogP contribution in [0.2, 0.25) is 0 Å². The van der Waals surface area contributed by atoms with Gasteiger partial charge in [0.05, 0.1) is 23.8 Å². The Morgan fingerprint density at radius 1 is 1.23 bits per heavy atom. The van der Waals surface area contributed by atoms with E-state index in [1.165, 1.54) is 11.8 Å². The van der Waals surface area contributed by atoms with Crippen LogP contribution in [0.15, 0.2) is 42.9 Å². The minimum Gasteiger partial charge on any atom is -0.353 e. The minimum atomic E-state index is -3.04. The van der Waals surface area contributed by atoms with Gasteiger partial charge in [-0.15, -0.1) is 0 Å². The van der Waals surface area contributed by atoms with Crippen LogP contribution in [0.25, 0.3) is 0 Å². The van der Waals surface area contributed by atoms with Gasteiger partial charge in [-0.1, -0.05) is 12.1 Å². The topological polar surface area (TPSA) is 114 Å². The highest BCUT2D eigenvalue weighted by molar-refractivity contribution is 5.94. The minimum absolute atomic E-state index is 0.0818. The molecule has 184 valence electrons. The summed E-state index contributed by atoms with van der Waals surface area (Å²) in [6.45, 7) is 0.145. The lowest BCUT2D eigenvalue weighted by atomic mass is 10.00. The lowest BCUT2D eigenvalue weighted by Crippen LogP contribution is -2.59. The molecule has 3 aromatic rings. The maximum Gasteiger partial charge on any atom is 0.271 e. The number of nitrogens with one attached hydrogen (secondary N) is 2. The van der Waals surface area contributed by atoms with E-state index in [1.54, 1.807) is 41.2 Å². The summed E-state index contributed by atoms with van der Waals surface area (Å²) in [5.41, 5.74) is 8.62. The van der Waals surface area contributed by atoms with Crippen molar-refractivity contribution in [2.45, 2.75) is 43.7 Å². The third-order valence-electron chi connectivity index (χ3n) is 6.48. The van der Waals surface area contributed by atoms with Crippen LogP contribution in [0.5, 0.6) is 0 Å². The SMILES string of the molecule is Cn1cc(Nc2nc(N3CCC(F)(F)C(NC(=O)c4ccc(C5CC5)cc4)C3)cnc2CN)cn1. The van der Waals surface area contributed by atoms with Crippen molar-refractivity contribution < 1.29 is 13.6 Å². The average Bonchev–Trinajstić information content (AvgIpc) is 3.62. The van der Waals surface area contributed by atoms with E-state index in [4.69, 9.17) is 5.73 Å². The molecule has 1 aliphatic heterocycles. The Morgan fingerprint density at radius 2 is 2.00 bits per heavy atom. The first kappa shape index (κ1) is 23.2. The Morgan fingerprint density at radius 3 is 2.66 bits per heavy atom. The van der Waals surface area contributed by atoms with Gasteiger partial charge < -0.3 is 21.3 Å². The van der Waals surface area contributed by atoms with Gasteiger partial charge >= 0.3 is 0 Å². The Hall–Kier alpha value is -3.60. The number of carbonyl (C=O) groups is 1. The molecule has 0 radical (unpaired) electrons. The highest BCUT2D eigenvalue weighted by Gasteiger charge is 2.45. The van der Waals surface area contributed by atoms with E-state index in [0.717, 1.165) is 12.8 Å². The van der Waals surface area contributed by atoms with E-state index in [-0.39, 0.29) is 19.6 Å². The fraction of sp³-hybridized carbons (Fsp3) is 0.417. The number of carbonyl (C=O) groups excluding carboxylic acids is 1. The maximum atomic E-state index is 14.8. The first-order chi connectivity index (χ1) is 16.8. The highest BCUT2D eigenvalue weighted by atomic mass is 19.3. The Balaban J connectivity index is 1.31. The lowest BCUT2D eigenvalue weighted by molar-refractivity contribution is -0.0489. The lowest BCUT2D eigenvalue weighted by Gasteiger charge is -2.39. The monoisotopic (exact) mass is 482 g/mol. The van der Waals surface area contributed by atoms with Crippen LogP contribution >= 0.6 is 0 Å². The number of halogens is 2. The van der Waals surface area contributed by atoms with Crippen molar-refractivity contribution >= 4 is 23.2 Å². The number of anilines is 3. The molecule has 2 aliphatic rings. The molecule has 1 saturated carbocycles. The second-order valence-corrected chi connectivity index (χ2v) is 9.13. The molecule has 4 N–H and O–H groups in total. The predicted octanol–water partition coefficient (Wildman–Crippen LogP) is 2.93. The largest absolute Gasteiger partial charge is 0.353 e. The van der Waals surface area contributed by atoms with Gasteiger partial charge in [0.25, 0.3) is 11.8 Å². The van der Waals surface area contributed by atoms with E-state index in [0.29, 0.717) is 34.5 Å². The third-order valence-corrected chi connectivity index (χ3v) is 6.48. The van der Waals surface area contributed by atoms with Crippen molar-refractivity contribution in [2.24, 2.45) is 12.8 Å². The summed E-state index contributed by atoms with van der Waals surface area (Å²) in [6.07, 6.45) is 6.84. The van der Waals surface area contributed by atoms with Crippen molar-refractivity contribution in [1.29, 1.82) is 0 Å². The van der Waals surface area contributed by atoms with Crippen LogP contribution in [0.1, 0.15) is 46.8 Å². The maximum absolute atomic E-state index is 14.8. The first-order valence-corrected chi connectivity index (χ1v) is 11.7. The molecule has 1 aliphatic carbocycles. The molecule has 0 spiro atoms. The summed E-state index contributed by atoms with van der Waals surface area (Å²) >= 11 is 0. The molecule has 35 heavy (non-hydrogen) atoms. The van der Waals surface area contributed by atoms with Gasteiger partial charge in [0, 0.05) is 44.9 Å². The van der Waals surface area contributed by atoms with Gasteiger partial charge in [-0.3, -0.25) is 14.5 Å². The predicted molar refractivity (Wildman–Crippen MR) is 128 cm³/mol. The third kappa shape index (κ3) is 5.09. The number of nitrogens with two attached hydrogens (primary N) is 1. The van der Waals surface area contributed by atoms with Crippen molar-refractivity contribution in [3.8, 4) is 0 Å². The van der Waals surface area contributed by atoms with Gasteiger partial charge in [-0.25, -0.2) is 13.8 Å². The van der Waals surface area contributed by atoms with E-state index >= 15 is 0 Å². The molecule has 1 aromatic carbocycles. The fourth-order valence-corrected chi connectivity index (χ4v) is 4.26. The van der Waals surface area contributed by atoms with E-state index in [2.05, 4.69) is 25.7 Å². The van der Waals surface area contributed by atoms with Crippen molar-refractivity contribution in [1.82, 2.24) is 25.1 Å². The van der Waals surface area contributed by atoms with Crippen LogP contribution in [0, 0.1) is 0 Å². The zero-order chi connectivity index (χ0) is 24.6. The number of amides is 1. The second kappa shape index (κ2) is 9.21. The molecule has 9 nitrogen and oxygen atoms in total. The molecule has 11 heteroatoms. The van der Waals surface area contributed by atoms with Crippen molar-refractivity contribution in [3.05, 3.63) is 59.7 Å². The first-order valence-electron chi connectivity index (χ1n) is 11.7. The number of aromatic nitrogens is 4. The Kier molecular flexibility index (Phi) is 6.10. The molecular weight excluding hydrogens is 454 g/mol. The van der Waals surface area contributed by atoms with E-state index < -0.39 is 24.3 Å². The van der Waals surface area contributed by atoms with Crippen LogP contribution in [0.4, 0.5) is 26.1 Å². The fourth-order valence-electron chi connectivity index (χ4n) is 4.26. The summed E-state index contributed by atoms with van der Waals surface area (Å²) in [6, 6.07) is 5.86. The standard InChI is InChI=1S/C24H28F2N8O/c1-33-13-18(11-29-33)30-22-19(10-27)28-12-21(32-22)34-9-8-24(25,26)20(14-34)31-23(35)17-6-4-16(5-7-17)15-2-3-15/h4-7,11-13,15,20H,2-3,8-10,14,27H2,1H3,(H,30,32)(H,31,35). The van der Waals surface area contributed by atoms with Gasteiger partial charge in [0.1, 0.15) is 11.9 Å². The van der Waals surface area contributed by atoms with Gasteiger partial charge in [0.2, 0.25) is 0 Å². The molecule has 0 bridgehead atoms. The number of rotatable bonds is 7. The molecule has 3 heterocycles. The highest BCUT2D eigenvalue weighted by Crippen LogP contribution is 2.40. The van der Waals surface area contributed by atoms with E-state index in [9.17, 15) is 13.6 Å². The van der Waals surface area contributed by atoms with E-state index in [1.807, 2.05) is 12.1 Å². The van der Waals surface area contributed by atoms with Crippen molar-refractivity contribution in [3.63, 3.8) is 0 Å². The molecule has 1 atom stereocenters. The molecular formula is C24H28F2N8O. The van der Waals surface area contributed by atoms with Crippen LogP contribution < -0.4 is 21.3 Å². The Labute approximate surface area is 201 Å². The summed E-state index contributed by atoms with van der Waals surface area (Å²) in [4.78, 5) is 23.4. The molecule has 2 aromatic heterocycles. The van der Waals surface area contributed by atoms with Gasteiger partial charge in [0.15, 0.2) is 5.82 Å². The Bertz CT molecular complexity index is 1210. The number of aryl methyl sites for hydroxylation is 1. The number of nitrogens with zero attached hydrogens (tertiary/aromatic N) is 5. The normalized spacial score (nSPS) is 19.4. The molecule has 5 rings (SSSR count). The quantitative estimate of drug-likeness (QED) is 0.474. The van der Waals surface area contributed by atoms with Crippen LogP contribution in [0.3, 0.4) is 0 Å². The van der Waals surface area contributed by atoms with Crippen LogP contribution in [-0.2, 0) is 13.6 Å². The smallest absolute Gasteiger partial charge is 0.271 e. The number of piperidine rings is 1. The molecule has 1 unspecified atom stereocenters. The summed E-state index contributed by atoms with van der Waals surface area (Å²) in [5, 5.41) is 9.80. The van der Waals surface area contributed by atoms with Crippen LogP contribution in [-0.4, -0.2) is 50.7 Å². The molecule has 2 fully saturated rings. The summed E-state index contributed by atoms with van der Waals surface area (Å²) in [7, 11) is 1.79. The summed E-state index contributed by atoms with van der Waals surface area (Å²) < 4.78 is 31.2. The van der Waals surface area contributed by atoms with Gasteiger partial charge in [-0.05, 0) is 36.5 Å². The average molecular weight is 483 g/mol. The molecule has 1 saturated heterocycles. The number of hydrogen-bond acceptors (Lipinski definition) is 7. The zero-order valence-electron chi connectivity index (χ0n) is 19.4. The number of benzene rings is 1. The van der Waals surface area contributed by atoms with Crippen molar-refractivity contribution in [2.75, 3.05) is 23.3 Å². The summed E-state index contributed by atoms with van der Waals surface area (Å²) in [5.74, 6) is -2.12. The number of hydrogen-bond donors (Lipinski definition) is 3. The zero-order valence-corrected chi connectivity index (χ0v) is 19.4. The second-order valence-electron chi connectivity index (χ2n) is 9.13.